The van der Waals surface area contributed by atoms with Crippen LogP contribution in [0.5, 0.6) is 0 Å². The Hall–Kier alpha value is -3.58. The molecule has 1 fully saturated rings. The standard InChI is InChI=1S/C23H21ClN4O3/c1-3-19-18(21(29)28(26-19)17-9-7-14(2)8-10-17)12-20-22(30)27(23(31)25-20)13-15-5-4-6-16(24)11-15/h4-12,26H,3,13H2,1-2H3,(H,25,31)/b20-12-. The second kappa shape index (κ2) is 8.28. The highest BCUT2D eigenvalue weighted by Crippen LogP contribution is 2.19. The molecule has 0 aliphatic carbocycles. The summed E-state index contributed by atoms with van der Waals surface area (Å²) in [5, 5.41) is 6.20. The minimum absolute atomic E-state index is 0.0638. The van der Waals surface area contributed by atoms with E-state index in [-0.39, 0.29) is 17.8 Å². The van der Waals surface area contributed by atoms with Gasteiger partial charge in [-0.15, -0.1) is 0 Å². The molecule has 3 amide bonds. The zero-order valence-corrected chi connectivity index (χ0v) is 17.9. The molecule has 0 saturated carbocycles. The van der Waals surface area contributed by atoms with Gasteiger partial charge in [-0.1, -0.05) is 48.4 Å². The molecule has 2 N–H and O–H groups in total. The molecule has 3 aromatic rings. The van der Waals surface area contributed by atoms with Gasteiger partial charge >= 0.3 is 6.03 Å². The number of hydrogen-bond donors (Lipinski definition) is 2. The van der Waals surface area contributed by atoms with Crippen molar-refractivity contribution in [2.45, 2.75) is 26.8 Å². The van der Waals surface area contributed by atoms with E-state index in [2.05, 4.69) is 10.4 Å². The molecule has 4 rings (SSSR count). The molecule has 31 heavy (non-hydrogen) atoms. The number of aromatic nitrogens is 2. The van der Waals surface area contributed by atoms with Crippen LogP contribution in [0.2, 0.25) is 5.02 Å². The second-order valence-corrected chi connectivity index (χ2v) is 7.78. The summed E-state index contributed by atoms with van der Waals surface area (Å²) in [5.74, 6) is -0.491. The average molecular weight is 437 g/mol. The highest BCUT2D eigenvalue weighted by atomic mass is 35.5. The predicted molar refractivity (Wildman–Crippen MR) is 119 cm³/mol. The van der Waals surface area contributed by atoms with Crippen molar-refractivity contribution in [3.8, 4) is 5.69 Å². The van der Waals surface area contributed by atoms with Crippen LogP contribution in [-0.2, 0) is 17.8 Å². The van der Waals surface area contributed by atoms with E-state index in [1.54, 1.807) is 24.3 Å². The quantitative estimate of drug-likeness (QED) is 0.471. The number of urea groups is 1. The normalized spacial score (nSPS) is 15.1. The first-order valence-electron chi connectivity index (χ1n) is 9.87. The minimum atomic E-state index is -0.538. The first-order chi connectivity index (χ1) is 14.9. The Morgan fingerprint density at radius 1 is 1.06 bits per heavy atom. The third-order valence-electron chi connectivity index (χ3n) is 5.13. The monoisotopic (exact) mass is 436 g/mol. The fourth-order valence-electron chi connectivity index (χ4n) is 3.47. The topological polar surface area (TPSA) is 87.2 Å². The van der Waals surface area contributed by atoms with Crippen LogP contribution < -0.4 is 10.9 Å². The molecule has 158 valence electrons. The van der Waals surface area contributed by atoms with Crippen LogP contribution in [0.4, 0.5) is 4.79 Å². The number of amides is 3. The molecule has 0 unspecified atom stereocenters. The third kappa shape index (κ3) is 4.04. The number of benzene rings is 2. The van der Waals surface area contributed by atoms with Gasteiger partial charge in [-0.05, 0) is 49.2 Å². The molecule has 0 bridgehead atoms. The lowest BCUT2D eigenvalue weighted by molar-refractivity contribution is -0.123. The lowest BCUT2D eigenvalue weighted by atomic mass is 10.1. The van der Waals surface area contributed by atoms with Crippen LogP contribution >= 0.6 is 11.6 Å². The molecule has 2 heterocycles. The predicted octanol–water partition coefficient (Wildman–Crippen LogP) is 3.78. The van der Waals surface area contributed by atoms with Gasteiger partial charge in [-0.2, -0.15) is 0 Å². The summed E-state index contributed by atoms with van der Waals surface area (Å²) in [4.78, 5) is 39.4. The van der Waals surface area contributed by atoms with Gasteiger partial charge in [0, 0.05) is 10.7 Å². The van der Waals surface area contributed by atoms with E-state index in [4.69, 9.17) is 11.6 Å². The molecule has 1 aliphatic heterocycles. The highest BCUT2D eigenvalue weighted by molar-refractivity contribution is 6.30. The molecular weight excluding hydrogens is 416 g/mol. The third-order valence-corrected chi connectivity index (χ3v) is 5.37. The van der Waals surface area contributed by atoms with Crippen molar-refractivity contribution >= 4 is 29.6 Å². The van der Waals surface area contributed by atoms with Gasteiger partial charge in [0.25, 0.3) is 11.5 Å². The number of H-pyrrole nitrogens is 1. The van der Waals surface area contributed by atoms with E-state index < -0.39 is 11.9 Å². The molecule has 0 atom stereocenters. The Labute approximate surface area is 183 Å². The number of aromatic amines is 1. The van der Waals surface area contributed by atoms with Gasteiger partial charge in [0.05, 0.1) is 17.8 Å². The lowest BCUT2D eigenvalue weighted by Crippen LogP contribution is -2.30. The molecule has 1 aromatic heterocycles. The summed E-state index contributed by atoms with van der Waals surface area (Å²) in [6, 6.07) is 14.0. The SMILES string of the molecule is CCc1[nH]n(-c2ccc(C)cc2)c(=O)c1/C=C1\NC(=O)N(Cc2cccc(Cl)c2)C1=O. The number of imide groups is 1. The minimum Gasteiger partial charge on any atom is -0.303 e. The smallest absolute Gasteiger partial charge is 0.303 e. The summed E-state index contributed by atoms with van der Waals surface area (Å²) in [7, 11) is 0. The summed E-state index contributed by atoms with van der Waals surface area (Å²) < 4.78 is 1.44. The average Bonchev–Trinajstić information content (AvgIpc) is 3.20. The number of carbonyl (C=O) groups excluding carboxylic acids is 2. The number of halogens is 1. The van der Waals surface area contributed by atoms with Crippen LogP contribution in [0.3, 0.4) is 0 Å². The van der Waals surface area contributed by atoms with E-state index in [1.165, 1.54) is 10.8 Å². The fourth-order valence-corrected chi connectivity index (χ4v) is 3.68. The Balaban J connectivity index is 1.67. The molecule has 0 radical (unpaired) electrons. The molecule has 8 heteroatoms. The summed E-state index contributed by atoms with van der Waals surface area (Å²) in [5.41, 5.74) is 3.30. The second-order valence-electron chi connectivity index (χ2n) is 7.34. The lowest BCUT2D eigenvalue weighted by Gasteiger charge is -2.11. The summed E-state index contributed by atoms with van der Waals surface area (Å²) in [6.45, 7) is 3.97. The number of nitrogens with zero attached hydrogens (tertiary/aromatic N) is 2. The van der Waals surface area contributed by atoms with Crippen molar-refractivity contribution in [2.75, 3.05) is 0 Å². The molecule has 1 aliphatic rings. The number of nitrogens with one attached hydrogen (secondary N) is 2. The van der Waals surface area contributed by atoms with Crippen LogP contribution in [0, 0.1) is 6.92 Å². The van der Waals surface area contributed by atoms with E-state index >= 15 is 0 Å². The van der Waals surface area contributed by atoms with Crippen molar-refractivity contribution in [3.05, 3.63) is 92.0 Å². The Bertz CT molecular complexity index is 1250. The first kappa shape index (κ1) is 20.7. The summed E-state index contributed by atoms with van der Waals surface area (Å²) >= 11 is 6.00. The van der Waals surface area contributed by atoms with Crippen LogP contribution in [-0.4, -0.2) is 26.6 Å². The van der Waals surface area contributed by atoms with Gasteiger partial charge < -0.3 is 5.32 Å². The van der Waals surface area contributed by atoms with Gasteiger partial charge in [0.1, 0.15) is 5.70 Å². The van der Waals surface area contributed by atoms with Crippen molar-refractivity contribution in [2.24, 2.45) is 0 Å². The van der Waals surface area contributed by atoms with E-state index in [1.807, 2.05) is 38.1 Å². The fraction of sp³-hybridized carbons (Fsp3) is 0.174. The number of rotatable bonds is 5. The van der Waals surface area contributed by atoms with E-state index in [0.29, 0.717) is 28.4 Å². The van der Waals surface area contributed by atoms with Gasteiger partial charge in [-0.25, -0.2) is 9.48 Å². The Morgan fingerprint density at radius 3 is 2.48 bits per heavy atom. The van der Waals surface area contributed by atoms with Crippen molar-refractivity contribution in [3.63, 3.8) is 0 Å². The number of aryl methyl sites for hydroxylation is 2. The van der Waals surface area contributed by atoms with Crippen LogP contribution in [0.15, 0.2) is 59.0 Å². The zero-order valence-electron chi connectivity index (χ0n) is 17.1. The van der Waals surface area contributed by atoms with Gasteiger partial charge in [0.2, 0.25) is 0 Å². The summed E-state index contributed by atoms with van der Waals surface area (Å²) in [6.07, 6.45) is 2.00. The molecule has 2 aromatic carbocycles. The maximum atomic E-state index is 13.1. The van der Waals surface area contributed by atoms with Gasteiger partial charge in [0.15, 0.2) is 0 Å². The number of carbonyl (C=O) groups is 2. The Kier molecular flexibility index (Phi) is 5.52. The maximum Gasteiger partial charge on any atom is 0.329 e. The van der Waals surface area contributed by atoms with Crippen molar-refractivity contribution in [1.29, 1.82) is 0 Å². The Morgan fingerprint density at radius 2 is 1.81 bits per heavy atom. The number of hydrogen-bond acceptors (Lipinski definition) is 3. The zero-order chi connectivity index (χ0) is 22.1. The van der Waals surface area contributed by atoms with Crippen molar-refractivity contribution in [1.82, 2.24) is 20.0 Å². The van der Waals surface area contributed by atoms with Crippen LogP contribution in [0.1, 0.15) is 29.3 Å². The van der Waals surface area contributed by atoms with Crippen LogP contribution in [0.25, 0.3) is 11.8 Å². The largest absolute Gasteiger partial charge is 0.329 e. The molecule has 7 nitrogen and oxygen atoms in total. The van der Waals surface area contributed by atoms with Crippen molar-refractivity contribution < 1.29 is 9.59 Å². The molecule has 1 saturated heterocycles. The maximum absolute atomic E-state index is 13.1. The molecule has 0 spiro atoms. The van der Waals surface area contributed by atoms with E-state index in [9.17, 15) is 14.4 Å². The highest BCUT2D eigenvalue weighted by Gasteiger charge is 2.34. The first-order valence-corrected chi connectivity index (χ1v) is 10.2. The van der Waals surface area contributed by atoms with E-state index in [0.717, 1.165) is 16.0 Å². The molecular formula is C23H21ClN4O3. The van der Waals surface area contributed by atoms with Gasteiger partial charge in [-0.3, -0.25) is 19.6 Å².